The largest absolute Gasteiger partial charge is 0.345 e. The second kappa shape index (κ2) is 4.62. The summed E-state index contributed by atoms with van der Waals surface area (Å²) in [7, 11) is 0. The van der Waals surface area contributed by atoms with Gasteiger partial charge in [-0.05, 0) is 18.6 Å². The van der Waals surface area contributed by atoms with Crippen LogP contribution >= 0.6 is 22.9 Å². The van der Waals surface area contributed by atoms with Crippen LogP contribution in [0, 0.1) is 0 Å². The van der Waals surface area contributed by atoms with Gasteiger partial charge >= 0.3 is 0 Å². The average molecular weight is 233 g/mol. The van der Waals surface area contributed by atoms with E-state index in [2.05, 4.69) is 19.1 Å². The lowest BCUT2D eigenvalue weighted by molar-refractivity contribution is -0.0540. The number of hydrogen-bond donors (Lipinski definition) is 0. The first-order chi connectivity index (χ1) is 6.83. The van der Waals surface area contributed by atoms with Gasteiger partial charge in [-0.15, -0.1) is 22.9 Å². The smallest absolute Gasteiger partial charge is 0.193 e. The van der Waals surface area contributed by atoms with Crippen molar-refractivity contribution in [1.82, 2.24) is 0 Å². The molecule has 14 heavy (non-hydrogen) atoms. The highest BCUT2D eigenvalue weighted by Gasteiger charge is 2.27. The average Bonchev–Trinajstić information content (AvgIpc) is 2.86. The van der Waals surface area contributed by atoms with E-state index in [1.54, 1.807) is 11.3 Å². The van der Waals surface area contributed by atoms with Crippen LogP contribution in [-0.2, 0) is 15.9 Å². The van der Waals surface area contributed by atoms with Crippen molar-refractivity contribution in [2.24, 2.45) is 0 Å². The van der Waals surface area contributed by atoms with Crippen molar-refractivity contribution in [2.45, 2.75) is 25.7 Å². The normalized spacial score (nSPS) is 27.0. The van der Waals surface area contributed by atoms with Crippen LogP contribution in [0.1, 0.15) is 23.0 Å². The first-order valence-electron chi connectivity index (χ1n) is 4.75. The number of rotatable bonds is 3. The van der Waals surface area contributed by atoms with Crippen LogP contribution in [0.3, 0.4) is 0 Å². The number of halogens is 1. The quantitative estimate of drug-likeness (QED) is 0.746. The van der Waals surface area contributed by atoms with Crippen LogP contribution in [0.2, 0.25) is 0 Å². The van der Waals surface area contributed by atoms with Crippen LogP contribution in [-0.4, -0.2) is 18.6 Å². The highest BCUT2D eigenvalue weighted by atomic mass is 35.5. The van der Waals surface area contributed by atoms with Crippen molar-refractivity contribution in [1.29, 1.82) is 0 Å². The minimum absolute atomic E-state index is 0.0499. The standard InChI is InChI=1S/C10H13ClO2S/c1-2-8-3-4-9(14-8)10-12-6-7(5-11)13-10/h3-4,7,10H,2,5-6H2,1H3. The summed E-state index contributed by atoms with van der Waals surface area (Å²) in [5, 5.41) is 0. The second-order valence-electron chi connectivity index (χ2n) is 3.24. The van der Waals surface area contributed by atoms with Gasteiger partial charge in [-0.25, -0.2) is 0 Å². The van der Waals surface area contributed by atoms with Crippen molar-refractivity contribution in [2.75, 3.05) is 12.5 Å². The molecule has 0 aliphatic carbocycles. The summed E-state index contributed by atoms with van der Waals surface area (Å²) < 4.78 is 11.1. The van der Waals surface area contributed by atoms with Crippen molar-refractivity contribution >= 4 is 22.9 Å². The van der Waals surface area contributed by atoms with Crippen LogP contribution in [0.15, 0.2) is 12.1 Å². The number of alkyl halides is 1. The molecule has 78 valence electrons. The molecular weight excluding hydrogens is 220 g/mol. The van der Waals surface area contributed by atoms with Crippen LogP contribution in [0.5, 0.6) is 0 Å². The van der Waals surface area contributed by atoms with Crippen LogP contribution in [0.4, 0.5) is 0 Å². The summed E-state index contributed by atoms with van der Waals surface area (Å²) in [6.07, 6.45) is 0.925. The topological polar surface area (TPSA) is 18.5 Å². The van der Waals surface area contributed by atoms with E-state index in [1.165, 1.54) is 4.88 Å². The first-order valence-corrected chi connectivity index (χ1v) is 6.10. The van der Waals surface area contributed by atoms with Crippen molar-refractivity contribution < 1.29 is 9.47 Å². The van der Waals surface area contributed by atoms with E-state index in [1.807, 2.05) is 0 Å². The van der Waals surface area contributed by atoms with Gasteiger partial charge in [0.2, 0.25) is 0 Å². The summed E-state index contributed by atoms with van der Waals surface area (Å²) in [4.78, 5) is 2.51. The fourth-order valence-electron chi connectivity index (χ4n) is 1.39. The Hall–Kier alpha value is -0.0900. The van der Waals surface area contributed by atoms with E-state index in [4.69, 9.17) is 21.1 Å². The molecule has 0 bridgehead atoms. The summed E-state index contributed by atoms with van der Waals surface area (Å²) in [5.41, 5.74) is 0. The Labute approximate surface area is 92.8 Å². The molecule has 1 fully saturated rings. The Morgan fingerprint density at radius 1 is 1.57 bits per heavy atom. The molecule has 0 N–H and O–H groups in total. The Kier molecular flexibility index (Phi) is 3.44. The fraction of sp³-hybridized carbons (Fsp3) is 0.600. The van der Waals surface area contributed by atoms with Gasteiger partial charge in [0.15, 0.2) is 6.29 Å². The molecule has 2 rings (SSSR count). The molecule has 1 aromatic rings. The van der Waals surface area contributed by atoms with Crippen molar-refractivity contribution in [3.63, 3.8) is 0 Å². The maximum Gasteiger partial charge on any atom is 0.193 e. The van der Waals surface area contributed by atoms with E-state index in [0.717, 1.165) is 11.3 Å². The molecule has 2 atom stereocenters. The monoisotopic (exact) mass is 232 g/mol. The Bertz CT molecular complexity index is 300. The Morgan fingerprint density at radius 3 is 3.00 bits per heavy atom. The minimum Gasteiger partial charge on any atom is -0.345 e. The molecule has 0 spiro atoms. The lowest BCUT2D eigenvalue weighted by Gasteiger charge is -2.07. The molecule has 1 saturated heterocycles. The van der Waals surface area contributed by atoms with E-state index in [-0.39, 0.29) is 12.4 Å². The zero-order valence-corrected chi connectivity index (χ0v) is 9.61. The molecule has 0 radical (unpaired) electrons. The molecule has 0 aromatic carbocycles. The maximum absolute atomic E-state index is 5.69. The zero-order valence-electron chi connectivity index (χ0n) is 8.03. The van der Waals surface area contributed by atoms with Gasteiger partial charge in [-0.3, -0.25) is 0 Å². The molecule has 2 heterocycles. The van der Waals surface area contributed by atoms with Gasteiger partial charge in [0, 0.05) is 4.88 Å². The van der Waals surface area contributed by atoms with E-state index in [9.17, 15) is 0 Å². The third kappa shape index (κ3) is 2.11. The molecular formula is C10H13ClO2S. The molecule has 1 aliphatic heterocycles. The van der Waals surface area contributed by atoms with Gasteiger partial charge in [-0.1, -0.05) is 6.92 Å². The molecule has 4 heteroatoms. The summed E-state index contributed by atoms with van der Waals surface area (Å²) in [6, 6.07) is 4.20. The van der Waals surface area contributed by atoms with E-state index >= 15 is 0 Å². The first kappa shape index (κ1) is 10.4. The van der Waals surface area contributed by atoms with Crippen LogP contribution < -0.4 is 0 Å². The summed E-state index contributed by atoms with van der Waals surface area (Å²) in [5.74, 6) is 0.502. The summed E-state index contributed by atoms with van der Waals surface area (Å²) in [6.45, 7) is 2.75. The molecule has 0 amide bonds. The van der Waals surface area contributed by atoms with Gasteiger partial charge < -0.3 is 9.47 Å². The number of aryl methyl sites for hydroxylation is 1. The highest BCUT2D eigenvalue weighted by molar-refractivity contribution is 7.12. The van der Waals surface area contributed by atoms with Crippen molar-refractivity contribution in [3.8, 4) is 0 Å². The SMILES string of the molecule is CCc1ccc(C2OCC(CCl)O2)s1. The predicted octanol–water partition coefficient (Wildman–Crippen LogP) is 2.96. The van der Waals surface area contributed by atoms with Crippen molar-refractivity contribution in [3.05, 3.63) is 21.9 Å². The van der Waals surface area contributed by atoms with Gasteiger partial charge in [0.05, 0.1) is 23.5 Å². The predicted molar refractivity (Wildman–Crippen MR) is 58.0 cm³/mol. The molecule has 2 nitrogen and oxygen atoms in total. The summed E-state index contributed by atoms with van der Waals surface area (Å²) >= 11 is 7.44. The van der Waals surface area contributed by atoms with Gasteiger partial charge in [0.1, 0.15) is 0 Å². The number of ether oxygens (including phenoxy) is 2. The molecule has 1 aliphatic rings. The molecule has 1 aromatic heterocycles. The van der Waals surface area contributed by atoms with Crippen LogP contribution in [0.25, 0.3) is 0 Å². The lowest BCUT2D eigenvalue weighted by atomic mass is 10.3. The minimum atomic E-state index is -0.191. The maximum atomic E-state index is 5.69. The third-order valence-corrected chi connectivity index (χ3v) is 3.78. The molecule has 0 saturated carbocycles. The second-order valence-corrected chi connectivity index (χ2v) is 4.74. The van der Waals surface area contributed by atoms with E-state index in [0.29, 0.717) is 12.5 Å². The Balaban J connectivity index is 2.02. The van der Waals surface area contributed by atoms with E-state index < -0.39 is 0 Å². The van der Waals surface area contributed by atoms with Gasteiger partial charge in [0.25, 0.3) is 0 Å². The lowest BCUT2D eigenvalue weighted by Crippen LogP contribution is -2.10. The molecule has 2 unspecified atom stereocenters. The number of thiophene rings is 1. The Morgan fingerprint density at radius 2 is 2.43 bits per heavy atom. The zero-order chi connectivity index (χ0) is 9.97. The van der Waals surface area contributed by atoms with Gasteiger partial charge in [-0.2, -0.15) is 0 Å². The highest BCUT2D eigenvalue weighted by Crippen LogP contribution is 2.32. The fourth-order valence-corrected chi connectivity index (χ4v) is 2.49. The number of hydrogen-bond acceptors (Lipinski definition) is 3. The third-order valence-electron chi connectivity index (χ3n) is 2.18.